The number of sulfonamides is 1. The van der Waals surface area contributed by atoms with E-state index in [9.17, 15) is 13.2 Å². The Balaban J connectivity index is 1.52. The fourth-order valence-electron chi connectivity index (χ4n) is 3.15. The largest absolute Gasteiger partial charge is 0.454 e. The number of ether oxygens (including phenoxy) is 2. The minimum Gasteiger partial charge on any atom is -0.454 e. The Morgan fingerprint density at radius 1 is 1.10 bits per heavy atom. The van der Waals surface area contributed by atoms with Gasteiger partial charge in [0.25, 0.3) is 15.9 Å². The first-order valence-electron chi connectivity index (χ1n) is 9.06. The molecule has 0 fully saturated rings. The molecule has 10 heteroatoms. The van der Waals surface area contributed by atoms with Gasteiger partial charge in [0.2, 0.25) is 6.79 Å². The first-order valence-corrected chi connectivity index (χ1v) is 10.5. The highest BCUT2D eigenvalue weighted by Crippen LogP contribution is 2.32. The van der Waals surface area contributed by atoms with E-state index in [1.54, 1.807) is 30.3 Å². The third-order valence-electron chi connectivity index (χ3n) is 4.54. The summed E-state index contributed by atoms with van der Waals surface area (Å²) in [7, 11) is -3.98. The SMILES string of the molecule is Cc1noc(C)c1S(=O)(=O)Nc1ccccc1C(=O)NCc1ccc2c(c1)OCO2. The van der Waals surface area contributed by atoms with Crippen molar-refractivity contribution in [2.24, 2.45) is 0 Å². The molecule has 9 nitrogen and oxygen atoms in total. The summed E-state index contributed by atoms with van der Waals surface area (Å²) in [6, 6.07) is 11.7. The number of carbonyl (C=O) groups is 1. The number of nitrogens with zero attached hydrogens (tertiary/aromatic N) is 1. The van der Waals surface area contributed by atoms with Gasteiger partial charge < -0.3 is 19.3 Å². The van der Waals surface area contributed by atoms with E-state index in [0.29, 0.717) is 11.5 Å². The highest BCUT2D eigenvalue weighted by atomic mass is 32.2. The normalized spacial score (nSPS) is 12.6. The molecular formula is C20H19N3O6S. The lowest BCUT2D eigenvalue weighted by atomic mass is 10.1. The Morgan fingerprint density at radius 2 is 1.87 bits per heavy atom. The van der Waals surface area contributed by atoms with Gasteiger partial charge in [-0.25, -0.2) is 8.42 Å². The molecular weight excluding hydrogens is 410 g/mol. The van der Waals surface area contributed by atoms with Gasteiger partial charge in [0.1, 0.15) is 5.69 Å². The molecule has 2 aromatic carbocycles. The molecule has 1 amide bonds. The number of para-hydroxylation sites is 1. The van der Waals surface area contributed by atoms with Crippen molar-refractivity contribution in [1.82, 2.24) is 10.5 Å². The summed E-state index contributed by atoms with van der Waals surface area (Å²) in [6.45, 7) is 3.46. The van der Waals surface area contributed by atoms with Crippen molar-refractivity contribution >= 4 is 21.6 Å². The molecule has 3 aromatic rings. The van der Waals surface area contributed by atoms with Crippen LogP contribution in [0, 0.1) is 13.8 Å². The van der Waals surface area contributed by atoms with Crippen molar-refractivity contribution in [2.75, 3.05) is 11.5 Å². The molecule has 2 heterocycles. The first-order chi connectivity index (χ1) is 14.3. The van der Waals surface area contributed by atoms with Crippen molar-refractivity contribution < 1.29 is 27.2 Å². The number of hydrogen-bond acceptors (Lipinski definition) is 7. The number of hydrogen-bond donors (Lipinski definition) is 2. The van der Waals surface area contributed by atoms with Gasteiger partial charge in [0.15, 0.2) is 22.2 Å². The lowest BCUT2D eigenvalue weighted by molar-refractivity contribution is 0.0951. The van der Waals surface area contributed by atoms with Crippen molar-refractivity contribution in [1.29, 1.82) is 0 Å². The van der Waals surface area contributed by atoms with Crippen LogP contribution in [0.5, 0.6) is 11.5 Å². The summed E-state index contributed by atoms with van der Waals surface area (Å²) < 4.78 is 43.6. The average molecular weight is 429 g/mol. The summed E-state index contributed by atoms with van der Waals surface area (Å²) >= 11 is 0. The lowest BCUT2D eigenvalue weighted by Crippen LogP contribution is -2.25. The van der Waals surface area contributed by atoms with Gasteiger partial charge in [0, 0.05) is 6.54 Å². The maximum Gasteiger partial charge on any atom is 0.267 e. The minimum absolute atomic E-state index is 0.0435. The van der Waals surface area contributed by atoms with Crippen LogP contribution in [-0.2, 0) is 16.6 Å². The van der Waals surface area contributed by atoms with E-state index < -0.39 is 15.9 Å². The molecule has 1 aliphatic rings. The molecule has 0 saturated heterocycles. The third-order valence-corrected chi connectivity index (χ3v) is 6.15. The predicted octanol–water partition coefficient (Wildman–Crippen LogP) is 2.75. The van der Waals surface area contributed by atoms with Gasteiger partial charge >= 0.3 is 0 Å². The maximum absolute atomic E-state index is 12.8. The molecule has 1 aromatic heterocycles. The van der Waals surface area contributed by atoms with Crippen LogP contribution in [0.3, 0.4) is 0 Å². The lowest BCUT2D eigenvalue weighted by Gasteiger charge is -2.13. The molecule has 0 spiro atoms. The van der Waals surface area contributed by atoms with E-state index in [0.717, 1.165) is 5.56 Å². The Kier molecular flexibility index (Phi) is 5.08. The molecule has 0 saturated carbocycles. The summed E-state index contributed by atoms with van der Waals surface area (Å²) in [5.41, 5.74) is 1.40. The van der Waals surface area contributed by atoms with Crippen LogP contribution < -0.4 is 19.5 Å². The van der Waals surface area contributed by atoms with E-state index in [4.69, 9.17) is 14.0 Å². The van der Waals surface area contributed by atoms with Crippen LogP contribution in [0.15, 0.2) is 51.9 Å². The average Bonchev–Trinajstić information content (AvgIpc) is 3.32. The second kappa shape index (κ2) is 7.71. The van der Waals surface area contributed by atoms with Gasteiger partial charge in [-0.15, -0.1) is 0 Å². The molecule has 0 bridgehead atoms. The number of anilines is 1. The zero-order valence-electron chi connectivity index (χ0n) is 16.3. The Bertz CT molecular complexity index is 1200. The van der Waals surface area contributed by atoms with Crippen molar-refractivity contribution in [3.63, 3.8) is 0 Å². The Morgan fingerprint density at radius 3 is 2.63 bits per heavy atom. The molecule has 0 unspecified atom stereocenters. The van der Waals surface area contributed by atoms with Crippen LogP contribution in [0.1, 0.15) is 27.4 Å². The van der Waals surface area contributed by atoms with Crippen LogP contribution in [0.25, 0.3) is 0 Å². The molecule has 0 atom stereocenters. The Hall–Kier alpha value is -3.53. The van der Waals surface area contributed by atoms with Crippen LogP contribution >= 0.6 is 0 Å². The predicted molar refractivity (Wildman–Crippen MR) is 107 cm³/mol. The topological polar surface area (TPSA) is 120 Å². The van der Waals surface area contributed by atoms with Crippen molar-refractivity contribution in [3.8, 4) is 11.5 Å². The quantitative estimate of drug-likeness (QED) is 0.618. The number of benzene rings is 2. The molecule has 1 aliphatic heterocycles. The molecule has 0 radical (unpaired) electrons. The Labute approximate surface area is 173 Å². The van der Waals surface area contributed by atoms with Crippen molar-refractivity contribution in [3.05, 3.63) is 65.0 Å². The highest BCUT2D eigenvalue weighted by Gasteiger charge is 2.26. The minimum atomic E-state index is -3.98. The summed E-state index contributed by atoms with van der Waals surface area (Å²) in [4.78, 5) is 12.7. The van der Waals surface area contributed by atoms with Crippen molar-refractivity contribution in [2.45, 2.75) is 25.3 Å². The zero-order chi connectivity index (χ0) is 21.3. The van der Waals surface area contributed by atoms with Gasteiger partial charge in [0.05, 0.1) is 11.3 Å². The standard InChI is InChI=1S/C20H19N3O6S/c1-12-19(13(2)29-22-12)30(25,26)23-16-6-4-3-5-15(16)20(24)21-10-14-7-8-17-18(9-14)28-11-27-17/h3-9,23H,10-11H2,1-2H3,(H,21,24). The molecule has 156 valence electrons. The zero-order valence-corrected chi connectivity index (χ0v) is 17.1. The molecule has 30 heavy (non-hydrogen) atoms. The van der Waals surface area contributed by atoms with Gasteiger partial charge in [-0.1, -0.05) is 23.4 Å². The summed E-state index contributed by atoms with van der Waals surface area (Å²) in [6.07, 6.45) is 0. The highest BCUT2D eigenvalue weighted by molar-refractivity contribution is 7.92. The third kappa shape index (κ3) is 3.81. The van der Waals surface area contributed by atoms with E-state index in [2.05, 4.69) is 15.2 Å². The monoisotopic (exact) mass is 429 g/mol. The number of fused-ring (bicyclic) bond motifs is 1. The van der Waals surface area contributed by atoms with Gasteiger partial charge in [-0.3, -0.25) is 9.52 Å². The number of aryl methyl sites for hydroxylation is 2. The molecule has 2 N–H and O–H groups in total. The number of rotatable bonds is 6. The fourth-order valence-corrected chi connectivity index (χ4v) is 4.56. The maximum atomic E-state index is 12.8. The van der Waals surface area contributed by atoms with E-state index in [-0.39, 0.29) is 40.9 Å². The summed E-state index contributed by atoms with van der Waals surface area (Å²) in [5, 5.41) is 6.47. The van der Waals surface area contributed by atoms with Gasteiger partial charge in [-0.05, 0) is 43.7 Å². The number of nitrogens with one attached hydrogen (secondary N) is 2. The fraction of sp³-hybridized carbons (Fsp3) is 0.200. The van der Waals surface area contributed by atoms with Gasteiger partial charge in [-0.2, -0.15) is 0 Å². The van der Waals surface area contributed by atoms with E-state index in [1.807, 2.05) is 6.07 Å². The first kappa shape index (κ1) is 19.8. The number of aromatic nitrogens is 1. The number of amides is 1. The van der Waals surface area contributed by atoms with E-state index in [1.165, 1.54) is 19.9 Å². The van der Waals surface area contributed by atoms with Crippen LogP contribution in [0.4, 0.5) is 5.69 Å². The molecule has 0 aliphatic carbocycles. The molecule has 4 rings (SSSR count). The summed E-state index contributed by atoms with van der Waals surface area (Å²) in [5.74, 6) is 1.02. The number of carbonyl (C=O) groups excluding carboxylic acids is 1. The van der Waals surface area contributed by atoms with Crippen LogP contribution in [-0.4, -0.2) is 26.3 Å². The second-order valence-electron chi connectivity index (χ2n) is 6.67. The van der Waals surface area contributed by atoms with E-state index >= 15 is 0 Å². The second-order valence-corrected chi connectivity index (χ2v) is 8.29. The smallest absolute Gasteiger partial charge is 0.267 e. The van der Waals surface area contributed by atoms with Crippen LogP contribution in [0.2, 0.25) is 0 Å².